The number of hydrogen-bond donors (Lipinski definition) is 0. The number of morpholine rings is 1. The van der Waals surface area contributed by atoms with Gasteiger partial charge in [-0.05, 0) is 41.4 Å². The Labute approximate surface area is 161 Å². The molecule has 1 aliphatic rings. The van der Waals surface area contributed by atoms with Crippen LogP contribution in [0.5, 0.6) is 5.75 Å². The van der Waals surface area contributed by atoms with Gasteiger partial charge in [0.25, 0.3) is 0 Å². The second-order valence-electron chi connectivity index (χ2n) is 6.32. The second-order valence-corrected chi connectivity index (χ2v) is 6.74. The molecule has 0 N–H and O–H groups in total. The third-order valence-electron chi connectivity index (χ3n) is 4.47. The van der Waals surface area contributed by atoms with Gasteiger partial charge in [-0.15, -0.1) is 0 Å². The molecule has 2 aromatic carbocycles. The van der Waals surface area contributed by atoms with Gasteiger partial charge in [-0.1, -0.05) is 18.2 Å². The van der Waals surface area contributed by atoms with E-state index >= 15 is 0 Å². The molecule has 0 bridgehead atoms. The maximum Gasteiger partial charge on any atom is 0.222 e. The zero-order chi connectivity index (χ0) is 19.2. The van der Waals surface area contributed by atoms with Crippen LogP contribution in [0.1, 0.15) is 23.7 Å². The molecule has 4 nitrogen and oxygen atoms in total. The molecule has 0 amide bonds. The van der Waals surface area contributed by atoms with E-state index in [1.807, 2.05) is 12.1 Å². The molecule has 2 aromatic rings. The van der Waals surface area contributed by atoms with E-state index in [9.17, 15) is 13.6 Å². The van der Waals surface area contributed by atoms with Gasteiger partial charge < -0.3 is 9.47 Å². The van der Waals surface area contributed by atoms with Crippen molar-refractivity contribution in [2.45, 2.75) is 19.1 Å². The molecule has 1 unspecified atom stereocenters. The Balaban J connectivity index is 1.57. The van der Waals surface area contributed by atoms with Gasteiger partial charge in [-0.2, -0.15) is 0 Å². The Morgan fingerprint density at radius 1 is 1.19 bits per heavy atom. The van der Waals surface area contributed by atoms with E-state index < -0.39 is 11.6 Å². The number of rotatable bonds is 7. The molecule has 27 heavy (non-hydrogen) atoms. The van der Waals surface area contributed by atoms with E-state index in [0.29, 0.717) is 31.9 Å². The fourth-order valence-corrected chi connectivity index (χ4v) is 3.04. The van der Waals surface area contributed by atoms with Crippen molar-refractivity contribution in [3.63, 3.8) is 0 Å². The first-order chi connectivity index (χ1) is 13.0. The number of carbonyl (C=O) groups is 1. The summed E-state index contributed by atoms with van der Waals surface area (Å²) in [5.74, 6) is -0.739. The van der Waals surface area contributed by atoms with Crippen molar-refractivity contribution < 1.29 is 23.0 Å². The van der Waals surface area contributed by atoms with Crippen LogP contribution in [0.15, 0.2) is 42.5 Å². The molecule has 0 aliphatic carbocycles. The second kappa shape index (κ2) is 9.26. The summed E-state index contributed by atoms with van der Waals surface area (Å²) in [5, 5.41) is -0.342. The minimum atomic E-state index is -0.627. The van der Waals surface area contributed by atoms with Crippen LogP contribution in [0, 0.1) is 11.6 Å². The molecule has 1 aliphatic heterocycles. The van der Waals surface area contributed by atoms with Crippen molar-refractivity contribution in [2.24, 2.45) is 0 Å². The highest BCUT2D eigenvalue weighted by Gasteiger charge is 2.22. The average Bonchev–Trinajstić information content (AvgIpc) is 2.67. The smallest absolute Gasteiger partial charge is 0.222 e. The first-order valence-corrected chi connectivity index (χ1v) is 9.08. The van der Waals surface area contributed by atoms with Crippen LogP contribution < -0.4 is 4.74 Å². The SMILES string of the molecule is O=C(Cl)CCN1CCOC(c2ccc(OCc3c(F)cccc3F)cc2)C1. The molecule has 1 heterocycles. The third-order valence-corrected chi connectivity index (χ3v) is 4.66. The predicted molar refractivity (Wildman–Crippen MR) is 97.7 cm³/mol. The summed E-state index contributed by atoms with van der Waals surface area (Å²) in [6.07, 6.45) is 0.204. The summed E-state index contributed by atoms with van der Waals surface area (Å²) in [5.41, 5.74) is 0.878. The molecular formula is C20H20ClF2NO3. The van der Waals surface area contributed by atoms with Crippen molar-refractivity contribution in [1.82, 2.24) is 4.90 Å². The van der Waals surface area contributed by atoms with Crippen molar-refractivity contribution >= 4 is 16.8 Å². The lowest BCUT2D eigenvalue weighted by molar-refractivity contribution is -0.112. The standard InChI is InChI=1S/C20H20ClF2NO3/c21-20(25)8-9-24-10-11-26-19(12-24)14-4-6-15(7-5-14)27-13-16-17(22)2-1-3-18(16)23/h1-7,19H,8-13H2. The Morgan fingerprint density at radius 2 is 1.89 bits per heavy atom. The number of carbonyl (C=O) groups excluding carboxylic acids is 1. The minimum Gasteiger partial charge on any atom is -0.489 e. The van der Waals surface area contributed by atoms with E-state index in [1.54, 1.807) is 12.1 Å². The number of halogens is 3. The Hall–Kier alpha value is -2.02. The summed E-state index contributed by atoms with van der Waals surface area (Å²) in [4.78, 5) is 13.1. The van der Waals surface area contributed by atoms with Crippen LogP contribution in [0.3, 0.4) is 0 Å². The molecular weight excluding hydrogens is 376 g/mol. The number of ether oxygens (including phenoxy) is 2. The first-order valence-electron chi connectivity index (χ1n) is 8.71. The van der Waals surface area contributed by atoms with Gasteiger partial charge in [0.1, 0.15) is 24.0 Å². The highest BCUT2D eigenvalue weighted by molar-refractivity contribution is 6.63. The zero-order valence-corrected chi connectivity index (χ0v) is 15.4. The van der Waals surface area contributed by atoms with Crippen LogP contribution in [0.25, 0.3) is 0 Å². The van der Waals surface area contributed by atoms with Gasteiger partial charge in [0.2, 0.25) is 5.24 Å². The molecule has 3 rings (SSSR count). The summed E-state index contributed by atoms with van der Waals surface area (Å²) < 4.78 is 38.6. The van der Waals surface area contributed by atoms with Crippen molar-refractivity contribution in [2.75, 3.05) is 26.2 Å². The molecule has 0 spiro atoms. The number of benzene rings is 2. The van der Waals surface area contributed by atoms with Crippen molar-refractivity contribution in [3.8, 4) is 5.75 Å². The first kappa shape index (κ1) is 19.7. The van der Waals surface area contributed by atoms with E-state index in [-0.39, 0.29) is 23.5 Å². The monoisotopic (exact) mass is 395 g/mol. The van der Waals surface area contributed by atoms with E-state index in [1.165, 1.54) is 18.2 Å². The van der Waals surface area contributed by atoms with Crippen LogP contribution >= 0.6 is 11.6 Å². The van der Waals surface area contributed by atoms with Gasteiger partial charge in [0.05, 0.1) is 18.3 Å². The Bertz CT molecular complexity index is 765. The highest BCUT2D eigenvalue weighted by Crippen LogP contribution is 2.25. The van der Waals surface area contributed by atoms with Crippen LogP contribution in [-0.4, -0.2) is 36.4 Å². The fraction of sp³-hybridized carbons (Fsp3) is 0.350. The van der Waals surface area contributed by atoms with Gasteiger partial charge in [-0.3, -0.25) is 9.69 Å². The topological polar surface area (TPSA) is 38.8 Å². The van der Waals surface area contributed by atoms with Gasteiger partial charge in [0, 0.05) is 26.1 Å². The average molecular weight is 396 g/mol. The maximum atomic E-state index is 13.6. The predicted octanol–water partition coefficient (Wildman–Crippen LogP) is 4.07. The lowest BCUT2D eigenvalue weighted by Crippen LogP contribution is -2.39. The highest BCUT2D eigenvalue weighted by atomic mass is 35.5. The van der Waals surface area contributed by atoms with Crippen LogP contribution in [0.4, 0.5) is 8.78 Å². The molecule has 1 fully saturated rings. The lowest BCUT2D eigenvalue weighted by atomic mass is 10.1. The molecule has 7 heteroatoms. The van der Waals surface area contributed by atoms with Crippen LogP contribution in [0.2, 0.25) is 0 Å². The molecule has 0 aromatic heterocycles. The summed E-state index contributed by atoms with van der Waals surface area (Å²) in [6, 6.07) is 11.0. The van der Waals surface area contributed by atoms with Crippen molar-refractivity contribution in [1.29, 1.82) is 0 Å². The van der Waals surface area contributed by atoms with Gasteiger partial charge >= 0.3 is 0 Å². The zero-order valence-electron chi connectivity index (χ0n) is 14.7. The number of hydrogen-bond acceptors (Lipinski definition) is 4. The quantitative estimate of drug-likeness (QED) is 0.662. The molecule has 1 atom stereocenters. The lowest BCUT2D eigenvalue weighted by Gasteiger charge is -2.32. The molecule has 1 saturated heterocycles. The summed E-state index contributed by atoms with van der Waals surface area (Å²) in [6.45, 7) is 2.43. The van der Waals surface area contributed by atoms with E-state index in [2.05, 4.69) is 4.90 Å². The van der Waals surface area contributed by atoms with Crippen molar-refractivity contribution in [3.05, 3.63) is 65.2 Å². The Kier molecular flexibility index (Phi) is 6.77. The number of nitrogens with zero attached hydrogens (tertiary/aromatic N) is 1. The van der Waals surface area contributed by atoms with E-state index in [0.717, 1.165) is 12.1 Å². The summed E-state index contributed by atoms with van der Waals surface area (Å²) in [7, 11) is 0. The van der Waals surface area contributed by atoms with E-state index in [4.69, 9.17) is 21.1 Å². The third kappa shape index (κ3) is 5.48. The minimum absolute atomic E-state index is 0.0957. The fourth-order valence-electron chi connectivity index (χ4n) is 2.96. The normalized spacial score (nSPS) is 17.7. The van der Waals surface area contributed by atoms with Gasteiger partial charge in [-0.25, -0.2) is 8.78 Å². The molecule has 0 saturated carbocycles. The molecule has 144 valence electrons. The summed E-state index contributed by atoms with van der Waals surface area (Å²) >= 11 is 5.40. The Morgan fingerprint density at radius 3 is 2.56 bits per heavy atom. The van der Waals surface area contributed by atoms with Gasteiger partial charge in [0.15, 0.2) is 0 Å². The van der Waals surface area contributed by atoms with Crippen LogP contribution in [-0.2, 0) is 16.1 Å². The molecule has 0 radical (unpaired) electrons. The largest absolute Gasteiger partial charge is 0.489 e. The maximum absolute atomic E-state index is 13.6.